The van der Waals surface area contributed by atoms with E-state index in [4.69, 9.17) is 14.6 Å². The number of carboxylic acids is 1. The predicted octanol–water partition coefficient (Wildman–Crippen LogP) is 2.93. The van der Waals surface area contributed by atoms with Gasteiger partial charge in [-0.15, -0.1) is 0 Å². The molecule has 6 nitrogen and oxygen atoms in total. The molecule has 118 valence electrons. The number of ether oxygens (including phenoxy) is 2. The van der Waals surface area contributed by atoms with Crippen LogP contribution in [0.25, 0.3) is 11.3 Å². The van der Waals surface area contributed by atoms with Gasteiger partial charge >= 0.3 is 5.97 Å². The van der Waals surface area contributed by atoms with E-state index >= 15 is 0 Å². The van der Waals surface area contributed by atoms with Crippen molar-refractivity contribution >= 4 is 5.97 Å². The van der Waals surface area contributed by atoms with Gasteiger partial charge in [-0.2, -0.15) is 5.10 Å². The van der Waals surface area contributed by atoms with Crippen molar-refractivity contribution in [3.8, 4) is 22.8 Å². The molecule has 0 saturated heterocycles. The quantitative estimate of drug-likeness (QED) is 0.919. The van der Waals surface area contributed by atoms with E-state index in [0.717, 1.165) is 16.9 Å². The zero-order chi connectivity index (χ0) is 16.4. The summed E-state index contributed by atoms with van der Waals surface area (Å²) in [7, 11) is 4.92. The first kappa shape index (κ1) is 15.9. The van der Waals surface area contributed by atoms with Crippen LogP contribution >= 0.6 is 0 Å². The number of methoxy groups -OCH3 is 2. The Morgan fingerprint density at radius 3 is 2.41 bits per heavy atom. The zero-order valence-electron chi connectivity index (χ0n) is 13.4. The second-order valence-corrected chi connectivity index (χ2v) is 5.26. The maximum atomic E-state index is 11.1. The standard InChI is InChI=1S/C16H20N2O4/c1-9(2)14-13(21-4)7-6-10(15(14)22-5)12-8-11(16(19)20)17-18(12)3/h6-9H,1-5H3,(H,19,20). The maximum absolute atomic E-state index is 11.1. The van der Waals surface area contributed by atoms with Gasteiger partial charge in [-0.05, 0) is 24.1 Å². The van der Waals surface area contributed by atoms with Gasteiger partial charge in [-0.25, -0.2) is 4.79 Å². The van der Waals surface area contributed by atoms with Gasteiger partial charge in [0, 0.05) is 18.2 Å². The van der Waals surface area contributed by atoms with E-state index in [1.807, 2.05) is 12.1 Å². The van der Waals surface area contributed by atoms with E-state index in [9.17, 15) is 4.79 Å². The first-order valence-corrected chi connectivity index (χ1v) is 6.93. The van der Waals surface area contributed by atoms with Crippen LogP contribution in [0, 0.1) is 0 Å². The monoisotopic (exact) mass is 304 g/mol. The van der Waals surface area contributed by atoms with Crippen LogP contribution in [0.2, 0.25) is 0 Å². The van der Waals surface area contributed by atoms with E-state index < -0.39 is 5.97 Å². The summed E-state index contributed by atoms with van der Waals surface area (Å²) in [5, 5.41) is 13.1. The number of benzene rings is 1. The molecule has 0 saturated carbocycles. The van der Waals surface area contributed by atoms with E-state index in [1.54, 1.807) is 21.3 Å². The second-order valence-electron chi connectivity index (χ2n) is 5.26. The smallest absolute Gasteiger partial charge is 0.356 e. The lowest BCUT2D eigenvalue weighted by atomic mass is 9.96. The van der Waals surface area contributed by atoms with E-state index in [2.05, 4.69) is 18.9 Å². The van der Waals surface area contributed by atoms with Crippen molar-refractivity contribution < 1.29 is 19.4 Å². The molecule has 2 rings (SSSR count). The van der Waals surface area contributed by atoms with E-state index in [0.29, 0.717) is 11.4 Å². The number of rotatable bonds is 5. The third-order valence-electron chi connectivity index (χ3n) is 3.53. The Morgan fingerprint density at radius 2 is 1.95 bits per heavy atom. The molecule has 0 spiro atoms. The van der Waals surface area contributed by atoms with Gasteiger partial charge in [0.1, 0.15) is 11.5 Å². The molecule has 0 aliphatic heterocycles. The largest absolute Gasteiger partial charge is 0.496 e. The Bertz CT molecular complexity index is 704. The van der Waals surface area contributed by atoms with Gasteiger partial charge in [-0.3, -0.25) is 4.68 Å². The zero-order valence-corrected chi connectivity index (χ0v) is 13.4. The molecular formula is C16H20N2O4. The Morgan fingerprint density at radius 1 is 1.27 bits per heavy atom. The number of nitrogens with zero attached hydrogens (tertiary/aromatic N) is 2. The molecule has 1 aromatic heterocycles. The minimum Gasteiger partial charge on any atom is -0.496 e. The minimum absolute atomic E-state index is 0.00136. The summed E-state index contributed by atoms with van der Waals surface area (Å²) >= 11 is 0. The van der Waals surface area contributed by atoms with Crippen molar-refractivity contribution in [1.29, 1.82) is 0 Å². The Hall–Kier alpha value is -2.50. The average Bonchev–Trinajstić information content (AvgIpc) is 2.87. The number of hydrogen-bond donors (Lipinski definition) is 1. The van der Waals surface area contributed by atoms with Gasteiger partial charge in [-0.1, -0.05) is 13.8 Å². The molecule has 1 N–H and O–H groups in total. The highest BCUT2D eigenvalue weighted by Gasteiger charge is 2.22. The minimum atomic E-state index is -1.06. The van der Waals surface area contributed by atoms with Crippen LogP contribution in [0.15, 0.2) is 18.2 Å². The summed E-state index contributed by atoms with van der Waals surface area (Å²) in [5.41, 5.74) is 2.41. The highest BCUT2D eigenvalue weighted by Crippen LogP contribution is 2.42. The van der Waals surface area contributed by atoms with E-state index in [-0.39, 0.29) is 11.6 Å². The highest BCUT2D eigenvalue weighted by atomic mass is 16.5. The van der Waals surface area contributed by atoms with Crippen LogP contribution in [0.5, 0.6) is 11.5 Å². The molecule has 0 unspecified atom stereocenters. The summed E-state index contributed by atoms with van der Waals surface area (Å²) in [5.74, 6) is 0.556. The van der Waals surface area contributed by atoms with Gasteiger partial charge in [0.05, 0.1) is 19.9 Å². The van der Waals surface area contributed by atoms with Crippen molar-refractivity contribution in [3.63, 3.8) is 0 Å². The van der Waals surface area contributed by atoms with Crippen molar-refractivity contribution in [1.82, 2.24) is 9.78 Å². The fourth-order valence-corrected chi connectivity index (χ4v) is 2.55. The van der Waals surface area contributed by atoms with Crippen molar-refractivity contribution in [2.24, 2.45) is 7.05 Å². The number of hydrogen-bond acceptors (Lipinski definition) is 4. The third-order valence-corrected chi connectivity index (χ3v) is 3.53. The Kier molecular flexibility index (Phi) is 4.40. The van der Waals surface area contributed by atoms with Crippen molar-refractivity contribution in [2.75, 3.05) is 14.2 Å². The predicted molar refractivity (Wildman–Crippen MR) is 82.8 cm³/mol. The molecule has 1 heterocycles. The summed E-state index contributed by atoms with van der Waals surface area (Å²) in [4.78, 5) is 11.1. The SMILES string of the molecule is COc1ccc(-c2cc(C(=O)O)nn2C)c(OC)c1C(C)C. The van der Waals surface area contributed by atoms with Crippen LogP contribution in [0.3, 0.4) is 0 Å². The van der Waals surface area contributed by atoms with Crippen LogP contribution in [0.1, 0.15) is 35.8 Å². The highest BCUT2D eigenvalue weighted by molar-refractivity contribution is 5.87. The first-order valence-electron chi connectivity index (χ1n) is 6.93. The topological polar surface area (TPSA) is 73.6 Å². The van der Waals surface area contributed by atoms with E-state index in [1.165, 1.54) is 10.7 Å². The fourth-order valence-electron chi connectivity index (χ4n) is 2.55. The molecule has 0 amide bonds. The summed E-state index contributed by atoms with van der Waals surface area (Å²) in [6.45, 7) is 4.10. The second kappa shape index (κ2) is 6.09. The molecule has 0 fully saturated rings. The number of aromatic carboxylic acids is 1. The Balaban J connectivity index is 2.71. The molecule has 22 heavy (non-hydrogen) atoms. The molecule has 0 radical (unpaired) electrons. The fraction of sp³-hybridized carbons (Fsp3) is 0.375. The number of carbonyl (C=O) groups is 1. The van der Waals surface area contributed by atoms with Crippen LogP contribution in [0.4, 0.5) is 0 Å². The number of aromatic nitrogens is 2. The third kappa shape index (κ3) is 2.64. The Labute approximate surface area is 129 Å². The summed E-state index contributed by atoms with van der Waals surface area (Å²) in [6, 6.07) is 5.25. The molecule has 6 heteroatoms. The van der Waals surface area contributed by atoms with Crippen LogP contribution in [-0.2, 0) is 7.05 Å². The lowest BCUT2D eigenvalue weighted by Crippen LogP contribution is -2.03. The molecule has 2 aromatic rings. The van der Waals surface area contributed by atoms with Gasteiger partial charge < -0.3 is 14.6 Å². The molecule has 0 aliphatic carbocycles. The average molecular weight is 304 g/mol. The molecular weight excluding hydrogens is 284 g/mol. The molecule has 0 aliphatic rings. The molecule has 1 aromatic carbocycles. The molecule has 0 bridgehead atoms. The summed E-state index contributed by atoms with van der Waals surface area (Å²) < 4.78 is 12.5. The summed E-state index contributed by atoms with van der Waals surface area (Å²) in [6.07, 6.45) is 0. The van der Waals surface area contributed by atoms with Crippen molar-refractivity contribution in [2.45, 2.75) is 19.8 Å². The van der Waals surface area contributed by atoms with Crippen molar-refractivity contribution in [3.05, 3.63) is 29.5 Å². The lowest BCUT2D eigenvalue weighted by Gasteiger charge is -2.19. The maximum Gasteiger partial charge on any atom is 0.356 e. The van der Waals surface area contributed by atoms with Crippen LogP contribution < -0.4 is 9.47 Å². The van der Waals surface area contributed by atoms with Gasteiger partial charge in [0.15, 0.2) is 5.69 Å². The molecule has 0 atom stereocenters. The normalized spacial score (nSPS) is 10.8. The lowest BCUT2D eigenvalue weighted by molar-refractivity contribution is 0.0689. The van der Waals surface area contributed by atoms with Gasteiger partial charge in [0.2, 0.25) is 0 Å². The van der Waals surface area contributed by atoms with Crippen LogP contribution in [-0.4, -0.2) is 35.1 Å². The number of aryl methyl sites for hydroxylation is 1. The van der Waals surface area contributed by atoms with Gasteiger partial charge in [0.25, 0.3) is 0 Å². The first-order chi connectivity index (χ1) is 10.4. The number of carboxylic acid groups (broad SMARTS) is 1.